The van der Waals surface area contributed by atoms with E-state index in [9.17, 15) is 8.42 Å². The highest BCUT2D eigenvalue weighted by atomic mass is 32.2. The molecule has 0 saturated carbocycles. The third kappa shape index (κ3) is 5.39. The Morgan fingerprint density at radius 2 is 1.81 bits per heavy atom. The number of ether oxygens (including phenoxy) is 1. The van der Waals surface area contributed by atoms with E-state index in [0.29, 0.717) is 13.1 Å². The molecular formula is C18H31N5O3S. The fraction of sp³-hybridized carbons (Fsp3) is 0.722. The summed E-state index contributed by atoms with van der Waals surface area (Å²) in [6.45, 7) is 12.1. The summed E-state index contributed by atoms with van der Waals surface area (Å²) >= 11 is 0. The summed E-state index contributed by atoms with van der Waals surface area (Å²) in [5, 5.41) is 0. The molecule has 0 aromatic carbocycles. The summed E-state index contributed by atoms with van der Waals surface area (Å²) in [7, 11) is -3.53. The van der Waals surface area contributed by atoms with Crippen LogP contribution >= 0.6 is 0 Å². The Morgan fingerprint density at radius 1 is 1.15 bits per heavy atom. The molecule has 9 heteroatoms. The van der Waals surface area contributed by atoms with Gasteiger partial charge >= 0.3 is 0 Å². The van der Waals surface area contributed by atoms with Crippen LogP contribution in [0.4, 0.5) is 5.82 Å². The number of piperazine rings is 1. The van der Waals surface area contributed by atoms with Crippen LogP contribution in [0.25, 0.3) is 0 Å². The lowest BCUT2D eigenvalue weighted by Gasteiger charge is -2.35. The summed E-state index contributed by atoms with van der Waals surface area (Å²) in [4.78, 5) is 9.23. The van der Waals surface area contributed by atoms with Crippen molar-refractivity contribution in [1.82, 2.24) is 18.9 Å². The van der Waals surface area contributed by atoms with E-state index in [1.165, 1.54) is 4.31 Å². The van der Waals surface area contributed by atoms with Crippen molar-refractivity contribution in [3.05, 3.63) is 23.9 Å². The van der Waals surface area contributed by atoms with E-state index in [0.717, 1.165) is 44.1 Å². The van der Waals surface area contributed by atoms with Crippen molar-refractivity contribution in [3.8, 4) is 0 Å². The monoisotopic (exact) mass is 397 g/mol. The van der Waals surface area contributed by atoms with Crippen molar-refractivity contribution < 1.29 is 13.2 Å². The van der Waals surface area contributed by atoms with Gasteiger partial charge in [0.15, 0.2) is 0 Å². The summed E-state index contributed by atoms with van der Waals surface area (Å²) in [6, 6.07) is 3.92. The number of anilines is 1. The van der Waals surface area contributed by atoms with Crippen LogP contribution in [0.5, 0.6) is 0 Å². The van der Waals surface area contributed by atoms with Gasteiger partial charge in [-0.3, -0.25) is 0 Å². The molecule has 0 bridgehead atoms. The second-order valence-electron chi connectivity index (χ2n) is 7.35. The number of rotatable bonds is 6. The molecule has 2 unspecified atom stereocenters. The van der Waals surface area contributed by atoms with Gasteiger partial charge < -0.3 is 14.5 Å². The minimum atomic E-state index is -3.53. The number of aromatic nitrogens is 1. The average molecular weight is 398 g/mol. The van der Waals surface area contributed by atoms with E-state index in [1.807, 2.05) is 26.0 Å². The molecular weight excluding hydrogens is 366 g/mol. The lowest BCUT2D eigenvalue weighted by atomic mass is 10.2. The number of hydrogen-bond donors (Lipinski definition) is 1. The van der Waals surface area contributed by atoms with Gasteiger partial charge in [-0.05, 0) is 32.0 Å². The molecule has 1 aromatic rings. The maximum absolute atomic E-state index is 12.5. The number of morpholine rings is 1. The van der Waals surface area contributed by atoms with E-state index >= 15 is 0 Å². The zero-order chi connectivity index (χ0) is 19.4. The largest absolute Gasteiger partial charge is 0.373 e. The van der Waals surface area contributed by atoms with Crippen LogP contribution in [0.15, 0.2) is 18.3 Å². The Bertz CT molecular complexity index is 694. The van der Waals surface area contributed by atoms with Gasteiger partial charge in [-0.1, -0.05) is 13.0 Å². The van der Waals surface area contributed by atoms with Crippen molar-refractivity contribution in [3.63, 3.8) is 0 Å². The van der Waals surface area contributed by atoms with Gasteiger partial charge in [-0.2, -0.15) is 17.4 Å². The highest BCUT2D eigenvalue weighted by Gasteiger charge is 2.30. The number of nitrogens with zero attached hydrogens (tertiary/aromatic N) is 4. The molecule has 3 rings (SSSR count). The second-order valence-corrected chi connectivity index (χ2v) is 9.10. The van der Waals surface area contributed by atoms with Crippen LogP contribution in [0, 0.1) is 0 Å². The van der Waals surface area contributed by atoms with Crippen LogP contribution in [-0.4, -0.2) is 80.6 Å². The fourth-order valence-corrected chi connectivity index (χ4v) is 4.94. The first kappa shape index (κ1) is 20.5. The molecule has 2 fully saturated rings. The third-order valence-electron chi connectivity index (χ3n) is 5.14. The average Bonchev–Trinajstić information content (AvgIpc) is 2.66. The first-order valence-corrected chi connectivity index (χ1v) is 11.1. The Kier molecular flexibility index (Phi) is 6.69. The van der Waals surface area contributed by atoms with Crippen molar-refractivity contribution in [2.75, 3.05) is 50.7 Å². The number of hydrogen-bond acceptors (Lipinski definition) is 6. The number of nitrogens with one attached hydrogen (secondary N) is 1. The molecule has 0 radical (unpaired) electrons. The quantitative estimate of drug-likeness (QED) is 0.760. The van der Waals surface area contributed by atoms with Gasteiger partial charge in [0.2, 0.25) is 0 Å². The normalized spacial score (nSPS) is 25.7. The van der Waals surface area contributed by atoms with Gasteiger partial charge in [0, 0.05) is 52.0 Å². The lowest BCUT2D eigenvalue weighted by molar-refractivity contribution is -0.0444. The molecule has 2 aliphatic heterocycles. The molecule has 0 amide bonds. The molecule has 152 valence electrons. The molecule has 1 aromatic heterocycles. The Hall–Kier alpha value is -1.26. The van der Waals surface area contributed by atoms with Gasteiger partial charge in [-0.25, -0.2) is 4.98 Å². The van der Waals surface area contributed by atoms with Crippen LogP contribution in [0.1, 0.15) is 26.3 Å². The molecule has 2 aliphatic rings. The first-order chi connectivity index (χ1) is 12.9. The predicted molar refractivity (Wildman–Crippen MR) is 106 cm³/mol. The van der Waals surface area contributed by atoms with Gasteiger partial charge in [-0.15, -0.1) is 0 Å². The zero-order valence-corrected chi connectivity index (χ0v) is 17.3. The topological polar surface area (TPSA) is 78.0 Å². The minimum Gasteiger partial charge on any atom is -0.373 e. The predicted octanol–water partition coefficient (Wildman–Crippen LogP) is 0.667. The summed E-state index contributed by atoms with van der Waals surface area (Å²) in [5.74, 6) is 0.952. The third-order valence-corrected chi connectivity index (χ3v) is 6.62. The van der Waals surface area contributed by atoms with Crippen LogP contribution in [0.2, 0.25) is 0 Å². The molecule has 0 aliphatic carbocycles. The maximum atomic E-state index is 12.5. The minimum absolute atomic E-state index is 0.0977. The van der Waals surface area contributed by atoms with Crippen molar-refractivity contribution in [2.45, 2.75) is 39.5 Å². The van der Waals surface area contributed by atoms with E-state index in [4.69, 9.17) is 4.74 Å². The molecule has 3 heterocycles. The van der Waals surface area contributed by atoms with Crippen molar-refractivity contribution >= 4 is 16.0 Å². The smallest absolute Gasteiger partial charge is 0.279 e. The molecule has 2 atom stereocenters. The summed E-state index contributed by atoms with van der Waals surface area (Å²) in [5.41, 5.74) is 0.851. The second kappa shape index (κ2) is 8.83. The highest BCUT2D eigenvalue weighted by Crippen LogP contribution is 2.16. The number of pyridine rings is 1. The molecule has 2 saturated heterocycles. The Labute approximate surface area is 162 Å². The van der Waals surface area contributed by atoms with Gasteiger partial charge in [0.05, 0.1) is 12.2 Å². The van der Waals surface area contributed by atoms with Crippen LogP contribution in [-0.2, 0) is 21.5 Å². The Balaban J connectivity index is 1.54. The SMILES string of the molecule is CCN1CCN(c2ccc(CNS(=O)(=O)N3CC(C)OC(C)C3)cn2)CC1. The molecule has 0 spiro atoms. The standard InChI is InChI=1S/C18H31N5O3S/c1-4-21-7-9-22(10-8-21)18-6-5-17(11-19-18)12-20-27(24,25)23-13-15(2)26-16(3)14-23/h5-6,11,15-16,20H,4,7-10,12-14H2,1-3H3. The van der Waals surface area contributed by atoms with Gasteiger partial charge in [0.25, 0.3) is 10.2 Å². The zero-order valence-electron chi connectivity index (χ0n) is 16.5. The molecule has 1 N–H and O–H groups in total. The fourth-order valence-electron chi connectivity index (χ4n) is 3.59. The maximum Gasteiger partial charge on any atom is 0.279 e. The van der Waals surface area contributed by atoms with Gasteiger partial charge in [0.1, 0.15) is 5.82 Å². The van der Waals surface area contributed by atoms with Crippen molar-refractivity contribution in [2.24, 2.45) is 0 Å². The van der Waals surface area contributed by atoms with E-state index < -0.39 is 10.2 Å². The van der Waals surface area contributed by atoms with Crippen LogP contribution in [0.3, 0.4) is 0 Å². The lowest BCUT2D eigenvalue weighted by Crippen LogP contribution is -2.51. The van der Waals surface area contributed by atoms with E-state index in [-0.39, 0.29) is 18.8 Å². The summed E-state index contributed by atoms with van der Waals surface area (Å²) < 4.78 is 34.8. The van der Waals surface area contributed by atoms with E-state index in [2.05, 4.69) is 26.4 Å². The number of likely N-dealkylation sites (N-methyl/N-ethyl adjacent to an activating group) is 1. The first-order valence-electron chi connectivity index (χ1n) is 9.70. The molecule has 8 nitrogen and oxygen atoms in total. The Morgan fingerprint density at radius 3 is 2.37 bits per heavy atom. The summed E-state index contributed by atoms with van der Waals surface area (Å²) in [6.07, 6.45) is 1.56. The molecule has 27 heavy (non-hydrogen) atoms. The van der Waals surface area contributed by atoms with E-state index in [1.54, 1.807) is 6.20 Å². The van der Waals surface area contributed by atoms with Crippen molar-refractivity contribution in [1.29, 1.82) is 0 Å². The highest BCUT2D eigenvalue weighted by molar-refractivity contribution is 7.87. The van der Waals surface area contributed by atoms with Crippen LogP contribution < -0.4 is 9.62 Å².